The van der Waals surface area contributed by atoms with Gasteiger partial charge in [0.15, 0.2) is 0 Å². The van der Waals surface area contributed by atoms with E-state index in [0.29, 0.717) is 6.23 Å². The molecule has 3 nitrogen and oxygen atoms in total. The van der Waals surface area contributed by atoms with Crippen LogP contribution in [0.4, 0.5) is 0 Å². The van der Waals surface area contributed by atoms with E-state index in [0.717, 1.165) is 10.2 Å². The number of rotatable bonds is 5. The summed E-state index contributed by atoms with van der Waals surface area (Å²) >= 11 is 0. The molecule has 0 N–H and O–H groups in total. The Bertz CT molecular complexity index is 142. The Morgan fingerprint density at radius 2 is 1.82 bits per heavy atom. The molecule has 0 spiro atoms. The van der Waals surface area contributed by atoms with Crippen LogP contribution in [0.1, 0.15) is 13.8 Å². The first kappa shape index (κ1) is 10.5. The second kappa shape index (κ2) is 5.20. The van der Waals surface area contributed by atoms with Gasteiger partial charge in [-0.25, -0.2) is 0 Å². The molecule has 64 valence electrons. The maximum absolute atomic E-state index is 10.8. The minimum Gasteiger partial charge on any atom is -0.385 e. The molecule has 0 amide bonds. The van der Waals surface area contributed by atoms with Crippen LogP contribution >= 0.6 is 0 Å². The molecule has 11 heavy (non-hydrogen) atoms. The maximum Gasteiger partial charge on any atom is 0.142 e. The van der Waals surface area contributed by atoms with E-state index in [4.69, 9.17) is 4.74 Å². The molecule has 0 fully saturated rings. The van der Waals surface area contributed by atoms with Crippen LogP contribution in [0.15, 0.2) is 0 Å². The van der Waals surface area contributed by atoms with Gasteiger partial charge >= 0.3 is 0 Å². The van der Waals surface area contributed by atoms with Crippen molar-refractivity contribution in [3.63, 3.8) is 0 Å². The molecule has 0 aromatic carbocycles. The fourth-order valence-corrected chi connectivity index (χ4v) is 0.992. The van der Waals surface area contributed by atoms with Crippen LogP contribution in [0.25, 0.3) is 0 Å². The topological polar surface area (TPSA) is 43.4 Å². The Morgan fingerprint density at radius 1 is 1.36 bits per heavy atom. The molecule has 0 aliphatic rings. The van der Waals surface area contributed by atoms with Gasteiger partial charge in [0, 0.05) is 16.5 Å². The average Bonchev–Trinajstić information content (AvgIpc) is 1.87. The van der Waals surface area contributed by atoms with E-state index in [1.165, 1.54) is 13.8 Å². The lowest BCUT2D eigenvalue weighted by molar-refractivity contribution is -0.132. The van der Waals surface area contributed by atoms with Gasteiger partial charge in [0.05, 0.1) is 12.5 Å². The third kappa shape index (κ3) is 4.05. The van der Waals surface area contributed by atoms with Gasteiger partial charge < -0.3 is 4.74 Å². The standard InChI is InChI=1S/C7H14O3Si/c1-5(8)7(6(2)9)3-10-4-11/h7H,3-4H2,1-2,11H3. The quantitative estimate of drug-likeness (QED) is 0.401. The predicted octanol–water partition coefficient (Wildman–Crippen LogP) is -0.880. The molecule has 0 aliphatic heterocycles. The Morgan fingerprint density at radius 3 is 2.09 bits per heavy atom. The smallest absolute Gasteiger partial charge is 0.142 e. The largest absolute Gasteiger partial charge is 0.385 e. The molecule has 4 heteroatoms. The monoisotopic (exact) mass is 174 g/mol. The highest BCUT2D eigenvalue weighted by atomic mass is 28.1. The molecule has 0 rings (SSSR count). The van der Waals surface area contributed by atoms with E-state index < -0.39 is 5.92 Å². The van der Waals surface area contributed by atoms with E-state index in [9.17, 15) is 9.59 Å². The number of carbonyl (C=O) groups is 2. The minimum absolute atomic E-state index is 0.104. The lowest BCUT2D eigenvalue weighted by Gasteiger charge is -2.08. The Hall–Kier alpha value is -0.483. The molecule has 0 saturated carbocycles. The third-order valence-corrected chi connectivity index (χ3v) is 1.88. The van der Waals surface area contributed by atoms with Crippen LogP contribution in [0.3, 0.4) is 0 Å². The summed E-state index contributed by atoms with van der Waals surface area (Å²) in [7, 11) is 0.941. The second-order valence-electron chi connectivity index (χ2n) is 2.43. The second-order valence-corrected chi connectivity index (χ2v) is 3.01. The van der Waals surface area contributed by atoms with Crippen LogP contribution in [0.2, 0.25) is 0 Å². The predicted molar refractivity (Wildman–Crippen MR) is 45.6 cm³/mol. The first-order valence-electron chi connectivity index (χ1n) is 3.68. The lowest BCUT2D eigenvalue weighted by Crippen LogP contribution is -2.25. The summed E-state index contributed by atoms with van der Waals surface area (Å²) in [6.45, 7) is 3.10. The van der Waals surface area contributed by atoms with Gasteiger partial charge in [-0.1, -0.05) is 0 Å². The van der Waals surface area contributed by atoms with E-state index in [1.807, 2.05) is 0 Å². The normalized spacial score (nSPS) is 10.5. The zero-order chi connectivity index (χ0) is 8.85. The summed E-state index contributed by atoms with van der Waals surface area (Å²) < 4.78 is 5.04. The summed E-state index contributed by atoms with van der Waals surface area (Å²) in [5.41, 5.74) is 0. The zero-order valence-electron chi connectivity index (χ0n) is 7.22. The molecule has 0 aliphatic carbocycles. The van der Waals surface area contributed by atoms with Crippen LogP contribution in [0.5, 0.6) is 0 Å². The Balaban J connectivity index is 3.90. The lowest BCUT2D eigenvalue weighted by atomic mass is 10.0. The maximum atomic E-state index is 10.8. The number of carbonyl (C=O) groups excluding carboxylic acids is 2. The van der Waals surface area contributed by atoms with Crippen molar-refractivity contribution >= 4 is 21.8 Å². The van der Waals surface area contributed by atoms with Gasteiger partial charge in [-0.2, -0.15) is 0 Å². The average molecular weight is 174 g/mol. The van der Waals surface area contributed by atoms with Crippen molar-refractivity contribution in [1.29, 1.82) is 0 Å². The highest BCUT2D eigenvalue weighted by Crippen LogP contribution is 2.00. The molecular weight excluding hydrogens is 160 g/mol. The van der Waals surface area contributed by atoms with E-state index >= 15 is 0 Å². The first-order valence-corrected chi connectivity index (χ1v) is 5.09. The van der Waals surface area contributed by atoms with Crippen LogP contribution in [-0.2, 0) is 14.3 Å². The number of hydrogen-bond acceptors (Lipinski definition) is 3. The fourth-order valence-electron chi connectivity index (χ4n) is 0.757. The highest BCUT2D eigenvalue weighted by Gasteiger charge is 2.18. The van der Waals surface area contributed by atoms with E-state index in [2.05, 4.69) is 0 Å². The number of ether oxygens (including phenoxy) is 1. The van der Waals surface area contributed by atoms with Gasteiger partial charge in [0.2, 0.25) is 0 Å². The molecule has 0 saturated heterocycles. The summed E-state index contributed by atoms with van der Waals surface area (Å²) in [5.74, 6) is -0.746. The summed E-state index contributed by atoms with van der Waals surface area (Å²) in [6.07, 6.45) is 0.678. The van der Waals surface area contributed by atoms with E-state index in [1.54, 1.807) is 0 Å². The fraction of sp³-hybridized carbons (Fsp3) is 0.714. The molecule has 0 aromatic heterocycles. The van der Waals surface area contributed by atoms with Gasteiger partial charge in [-0.3, -0.25) is 9.59 Å². The van der Waals surface area contributed by atoms with Crippen molar-refractivity contribution in [1.82, 2.24) is 0 Å². The van der Waals surface area contributed by atoms with Crippen molar-refractivity contribution in [3.8, 4) is 0 Å². The molecule has 0 radical (unpaired) electrons. The van der Waals surface area contributed by atoms with Crippen molar-refractivity contribution in [2.24, 2.45) is 5.92 Å². The first-order chi connectivity index (χ1) is 5.09. The van der Waals surface area contributed by atoms with Gasteiger partial charge in [0.25, 0.3) is 0 Å². The molecule has 0 atom stereocenters. The zero-order valence-corrected chi connectivity index (χ0v) is 9.22. The Kier molecular flexibility index (Phi) is 4.98. The van der Waals surface area contributed by atoms with Crippen molar-refractivity contribution in [3.05, 3.63) is 0 Å². The van der Waals surface area contributed by atoms with Crippen LogP contribution in [-0.4, -0.2) is 34.6 Å². The van der Waals surface area contributed by atoms with E-state index in [-0.39, 0.29) is 18.2 Å². The SMILES string of the molecule is CC(=O)C(COC[SiH3])C(C)=O. The summed E-state index contributed by atoms with van der Waals surface area (Å²) in [5, 5.41) is 0. The Labute approximate surface area is 69.5 Å². The highest BCUT2D eigenvalue weighted by molar-refractivity contribution is 6.08. The number of Topliss-reactive ketones (excluding diaryl/α,β-unsaturated/α-hetero) is 2. The summed E-state index contributed by atoms with van der Waals surface area (Å²) in [6, 6.07) is 0. The summed E-state index contributed by atoms with van der Waals surface area (Å²) in [4.78, 5) is 21.6. The van der Waals surface area contributed by atoms with Crippen molar-refractivity contribution in [2.75, 3.05) is 12.8 Å². The number of hydrogen-bond donors (Lipinski definition) is 0. The number of ketones is 2. The van der Waals surface area contributed by atoms with Crippen LogP contribution < -0.4 is 0 Å². The molecule has 0 heterocycles. The van der Waals surface area contributed by atoms with Crippen LogP contribution in [0, 0.1) is 5.92 Å². The van der Waals surface area contributed by atoms with Crippen molar-refractivity contribution < 1.29 is 14.3 Å². The minimum atomic E-state index is -0.538. The van der Waals surface area contributed by atoms with Gasteiger partial charge in [-0.05, 0) is 13.8 Å². The molecule has 0 unspecified atom stereocenters. The van der Waals surface area contributed by atoms with Gasteiger partial charge in [-0.15, -0.1) is 0 Å². The van der Waals surface area contributed by atoms with Crippen molar-refractivity contribution in [2.45, 2.75) is 13.8 Å². The third-order valence-electron chi connectivity index (χ3n) is 1.47. The molecular formula is C7H14O3Si. The molecule has 0 bridgehead atoms. The molecule has 0 aromatic rings. The van der Waals surface area contributed by atoms with Gasteiger partial charge in [0.1, 0.15) is 11.6 Å².